The molecular formula is C23H30N6O4. The van der Waals surface area contributed by atoms with Gasteiger partial charge in [-0.15, -0.1) is 5.10 Å². The topological polar surface area (TPSA) is 120 Å². The van der Waals surface area contributed by atoms with Gasteiger partial charge in [0, 0.05) is 24.2 Å². The number of nitrogens with zero attached hydrogens (tertiary/aromatic N) is 4. The summed E-state index contributed by atoms with van der Waals surface area (Å²) in [4.78, 5) is 51.5. The van der Waals surface area contributed by atoms with E-state index < -0.39 is 5.69 Å². The lowest BCUT2D eigenvalue weighted by Crippen LogP contribution is -2.36. The predicted octanol–water partition coefficient (Wildman–Crippen LogP) is 1.42. The summed E-state index contributed by atoms with van der Waals surface area (Å²) in [6, 6.07) is 4.83. The van der Waals surface area contributed by atoms with Crippen LogP contribution >= 0.6 is 0 Å². The molecule has 33 heavy (non-hydrogen) atoms. The largest absolute Gasteiger partial charge is 0.352 e. The molecule has 1 fully saturated rings. The summed E-state index contributed by atoms with van der Waals surface area (Å²) >= 11 is 0. The molecule has 0 saturated heterocycles. The zero-order valence-corrected chi connectivity index (χ0v) is 19.3. The van der Waals surface area contributed by atoms with Gasteiger partial charge in [-0.25, -0.2) is 13.9 Å². The predicted molar refractivity (Wildman–Crippen MR) is 125 cm³/mol. The number of hydrogen-bond donors (Lipinski definition) is 2. The third kappa shape index (κ3) is 4.42. The summed E-state index contributed by atoms with van der Waals surface area (Å²) in [6.07, 6.45) is 4.77. The maximum atomic E-state index is 13.3. The molecular weight excluding hydrogens is 424 g/mol. The second kappa shape index (κ2) is 9.21. The van der Waals surface area contributed by atoms with Gasteiger partial charge in [0.2, 0.25) is 11.7 Å². The Morgan fingerprint density at radius 2 is 1.91 bits per heavy atom. The van der Waals surface area contributed by atoms with E-state index >= 15 is 0 Å². The van der Waals surface area contributed by atoms with Crippen molar-refractivity contribution in [3.63, 3.8) is 0 Å². The van der Waals surface area contributed by atoms with Crippen LogP contribution in [0.2, 0.25) is 0 Å². The highest BCUT2D eigenvalue weighted by Gasteiger charge is 2.21. The molecule has 1 aliphatic rings. The number of carbonyl (C=O) groups is 2. The fourth-order valence-electron chi connectivity index (χ4n) is 4.43. The van der Waals surface area contributed by atoms with Gasteiger partial charge >= 0.3 is 5.69 Å². The lowest BCUT2D eigenvalue weighted by Gasteiger charge is -2.13. The first-order valence-electron chi connectivity index (χ1n) is 11.6. The molecule has 0 unspecified atom stereocenters. The van der Waals surface area contributed by atoms with Crippen molar-refractivity contribution in [1.29, 1.82) is 0 Å². The van der Waals surface area contributed by atoms with E-state index in [-0.39, 0.29) is 41.8 Å². The standard InChI is InChI=1S/C23H30N6O4/c1-4-11-27-21(32)17-10-9-15(20(31)25-16-7-5-6-8-16)12-18(17)29-22(27)26-28(23(29)33)13-19(30)24-14(2)3/h9-10,12,14,16H,4-8,11,13H2,1-3H3,(H,24,30)(H,25,31). The number of aromatic nitrogens is 4. The number of amides is 2. The number of hydrogen-bond acceptors (Lipinski definition) is 5. The molecule has 4 rings (SSSR count). The summed E-state index contributed by atoms with van der Waals surface area (Å²) in [7, 11) is 0. The molecule has 3 aromatic rings. The number of aryl methyl sites for hydroxylation is 1. The van der Waals surface area contributed by atoms with E-state index in [4.69, 9.17) is 0 Å². The van der Waals surface area contributed by atoms with Crippen molar-refractivity contribution in [3.8, 4) is 0 Å². The average Bonchev–Trinajstić information content (AvgIpc) is 3.38. The van der Waals surface area contributed by atoms with Gasteiger partial charge in [0.1, 0.15) is 6.54 Å². The Kier molecular flexibility index (Phi) is 6.35. The normalized spacial score (nSPS) is 14.4. The molecule has 1 aliphatic carbocycles. The van der Waals surface area contributed by atoms with Crippen LogP contribution in [-0.2, 0) is 17.9 Å². The maximum Gasteiger partial charge on any atom is 0.352 e. The molecule has 10 nitrogen and oxygen atoms in total. The smallest absolute Gasteiger partial charge is 0.352 e. The summed E-state index contributed by atoms with van der Waals surface area (Å²) < 4.78 is 3.82. The van der Waals surface area contributed by atoms with Gasteiger partial charge in [-0.1, -0.05) is 19.8 Å². The van der Waals surface area contributed by atoms with E-state index in [1.54, 1.807) is 18.2 Å². The Balaban J connectivity index is 1.85. The lowest BCUT2D eigenvalue weighted by atomic mass is 10.1. The van der Waals surface area contributed by atoms with Crippen molar-refractivity contribution in [3.05, 3.63) is 44.6 Å². The minimum atomic E-state index is -0.535. The van der Waals surface area contributed by atoms with Crippen molar-refractivity contribution < 1.29 is 9.59 Å². The minimum absolute atomic E-state index is 0.0785. The Morgan fingerprint density at radius 1 is 1.18 bits per heavy atom. The van der Waals surface area contributed by atoms with Crippen molar-refractivity contribution in [2.45, 2.75) is 78.0 Å². The molecule has 2 aromatic heterocycles. The lowest BCUT2D eigenvalue weighted by molar-refractivity contribution is -0.122. The third-order valence-corrected chi connectivity index (χ3v) is 5.92. The Labute approximate surface area is 190 Å². The van der Waals surface area contributed by atoms with Crippen LogP contribution in [-0.4, -0.2) is 42.6 Å². The molecule has 0 radical (unpaired) electrons. The first kappa shape index (κ1) is 22.8. The molecule has 1 saturated carbocycles. The SMILES string of the molecule is CCCn1c(=O)c2ccc(C(=O)NC3CCCC3)cc2n2c(=O)n(CC(=O)NC(C)C)nc12. The number of fused-ring (bicyclic) bond motifs is 3. The maximum absolute atomic E-state index is 13.3. The molecule has 10 heteroatoms. The van der Waals surface area contributed by atoms with Crippen LogP contribution in [0.4, 0.5) is 0 Å². The van der Waals surface area contributed by atoms with Crippen LogP contribution < -0.4 is 21.9 Å². The van der Waals surface area contributed by atoms with E-state index in [2.05, 4.69) is 15.7 Å². The second-order valence-electron chi connectivity index (χ2n) is 8.94. The van der Waals surface area contributed by atoms with Gasteiger partial charge in [0.15, 0.2) is 0 Å². The van der Waals surface area contributed by atoms with Crippen molar-refractivity contribution in [1.82, 2.24) is 29.4 Å². The zero-order valence-electron chi connectivity index (χ0n) is 19.3. The van der Waals surface area contributed by atoms with E-state index in [1.807, 2.05) is 20.8 Å². The van der Waals surface area contributed by atoms with E-state index in [1.165, 1.54) is 8.97 Å². The highest BCUT2D eigenvalue weighted by molar-refractivity contribution is 5.98. The Bertz CT molecular complexity index is 1330. The fourth-order valence-corrected chi connectivity index (χ4v) is 4.43. The van der Waals surface area contributed by atoms with Gasteiger partial charge in [-0.2, -0.15) is 0 Å². The number of benzene rings is 1. The molecule has 1 aromatic carbocycles. The second-order valence-corrected chi connectivity index (χ2v) is 8.94. The van der Waals surface area contributed by atoms with Crippen molar-refractivity contribution in [2.75, 3.05) is 0 Å². The van der Waals surface area contributed by atoms with Crippen LogP contribution in [0.3, 0.4) is 0 Å². The molecule has 0 aliphatic heterocycles. The summed E-state index contributed by atoms with van der Waals surface area (Å²) in [6.45, 7) is 5.69. The van der Waals surface area contributed by atoms with E-state index in [0.717, 1.165) is 30.4 Å². The summed E-state index contributed by atoms with van der Waals surface area (Å²) in [5, 5.41) is 10.4. The molecule has 176 valence electrons. The third-order valence-electron chi connectivity index (χ3n) is 5.92. The quantitative estimate of drug-likeness (QED) is 0.560. The van der Waals surface area contributed by atoms with Crippen LogP contribution in [0.1, 0.15) is 63.2 Å². The van der Waals surface area contributed by atoms with Gasteiger partial charge in [0.05, 0.1) is 10.9 Å². The van der Waals surface area contributed by atoms with Crippen molar-refractivity contribution in [2.24, 2.45) is 0 Å². The first-order valence-corrected chi connectivity index (χ1v) is 11.6. The highest BCUT2D eigenvalue weighted by atomic mass is 16.2. The molecule has 2 heterocycles. The number of carbonyl (C=O) groups excluding carboxylic acids is 2. The molecule has 0 spiro atoms. The Morgan fingerprint density at radius 3 is 2.58 bits per heavy atom. The van der Waals surface area contributed by atoms with Gasteiger partial charge in [-0.3, -0.25) is 19.0 Å². The monoisotopic (exact) mass is 454 g/mol. The Hall–Kier alpha value is -3.43. The zero-order chi connectivity index (χ0) is 23.7. The highest BCUT2D eigenvalue weighted by Crippen LogP contribution is 2.19. The van der Waals surface area contributed by atoms with E-state index in [0.29, 0.717) is 29.4 Å². The first-order chi connectivity index (χ1) is 15.8. The molecule has 0 bridgehead atoms. The molecule has 2 N–H and O–H groups in total. The average molecular weight is 455 g/mol. The molecule has 0 atom stereocenters. The van der Waals surface area contributed by atoms with Crippen LogP contribution in [0.5, 0.6) is 0 Å². The number of nitrogens with one attached hydrogen (secondary N) is 2. The summed E-state index contributed by atoms with van der Waals surface area (Å²) in [5.41, 5.74) is -0.138. The van der Waals surface area contributed by atoms with Gasteiger partial charge < -0.3 is 10.6 Å². The summed E-state index contributed by atoms with van der Waals surface area (Å²) in [5.74, 6) is -0.419. The van der Waals surface area contributed by atoms with Crippen LogP contribution in [0.25, 0.3) is 16.7 Å². The molecule has 2 amide bonds. The van der Waals surface area contributed by atoms with E-state index in [9.17, 15) is 19.2 Å². The van der Waals surface area contributed by atoms with Crippen LogP contribution in [0, 0.1) is 0 Å². The number of rotatable bonds is 7. The van der Waals surface area contributed by atoms with Crippen LogP contribution in [0.15, 0.2) is 27.8 Å². The van der Waals surface area contributed by atoms with Crippen molar-refractivity contribution >= 4 is 28.5 Å². The minimum Gasteiger partial charge on any atom is -0.352 e. The van der Waals surface area contributed by atoms with Gasteiger partial charge in [-0.05, 0) is 51.3 Å². The van der Waals surface area contributed by atoms with Gasteiger partial charge in [0.25, 0.3) is 11.5 Å². The fraction of sp³-hybridized carbons (Fsp3) is 0.522.